The van der Waals surface area contributed by atoms with Crippen LogP contribution in [0.3, 0.4) is 0 Å². The molecule has 29 heavy (non-hydrogen) atoms. The molecule has 1 atom stereocenters. The van der Waals surface area contributed by atoms with Crippen LogP contribution in [-0.4, -0.2) is 32.7 Å². The van der Waals surface area contributed by atoms with Gasteiger partial charge in [0.25, 0.3) is 0 Å². The van der Waals surface area contributed by atoms with Crippen LogP contribution in [0.2, 0.25) is 0 Å². The molecule has 5 nitrogen and oxygen atoms in total. The molecule has 2 aromatic rings. The van der Waals surface area contributed by atoms with Gasteiger partial charge in [0.2, 0.25) is 5.91 Å². The van der Waals surface area contributed by atoms with E-state index in [2.05, 4.69) is 21.2 Å². The van der Waals surface area contributed by atoms with Gasteiger partial charge in [-0.25, -0.2) is 8.42 Å². The number of carbonyl (C=O) groups excluding carboxylic acids is 1. The molecule has 158 valence electrons. The lowest BCUT2D eigenvalue weighted by Gasteiger charge is -2.18. The fourth-order valence-electron chi connectivity index (χ4n) is 2.53. The van der Waals surface area contributed by atoms with Crippen LogP contribution in [-0.2, 0) is 26.6 Å². The highest BCUT2D eigenvalue weighted by Gasteiger charge is 2.34. The smallest absolute Gasteiger partial charge is 0.419 e. The number of sulfone groups is 1. The molecule has 1 unspecified atom stereocenters. The summed E-state index contributed by atoms with van der Waals surface area (Å²) in [5.41, 5.74) is -0.387. The summed E-state index contributed by atoms with van der Waals surface area (Å²) in [7, 11) is -3.71. The average molecular weight is 494 g/mol. The summed E-state index contributed by atoms with van der Waals surface area (Å²) in [6.07, 6.45) is -4.57. The van der Waals surface area contributed by atoms with E-state index in [1.165, 1.54) is 25.1 Å². The van der Waals surface area contributed by atoms with E-state index in [-0.39, 0.29) is 18.1 Å². The second kappa shape index (κ2) is 9.62. The fourth-order valence-corrected chi connectivity index (χ4v) is 4.25. The molecule has 0 spiro atoms. The molecule has 1 N–H and O–H groups in total. The van der Waals surface area contributed by atoms with Crippen LogP contribution in [0.25, 0.3) is 0 Å². The van der Waals surface area contributed by atoms with Crippen LogP contribution < -0.4 is 10.1 Å². The molecule has 1 amide bonds. The summed E-state index contributed by atoms with van der Waals surface area (Å²) in [6, 6.07) is 10.8. The number of nitrogens with one attached hydrogen (secondary N) is 1. The van der Waals surface area contributed by atoms with Crippen LogP contribution in [0.15, 0.2) is 53.0 Å². The first-order valence-corrected chi connectivity index (χ1v) is 11.1. The summed E-state index contributed by atoms with van der Waals surface area (Å²) in [5.74, 6) is -2.14. The van der Waals surface area contributed by atoms with Gasteiger partial charge in [0.1, 0.15) is 18.1 Å². The normalized spacial score (nSPS) is 13.0. The van der Waals surface area contributed by atoms with Gasteiger partial charge in [-0.15, -0.1) is 0 Å². The van der Waals surface area contributed by atoms with Crippen molar-refractivity contribution < 1.29 is 31.1 Å². The third-order valence-corrected chi connectivity index (χ3v) is 5.68. The zero-order valence-corrected chi connectivity index (χ0v) is 17.8. The van der Waals surface area contributed by atoms with Gasteiger partial charge in [-0.2, -0.15) is 13.2 Å². The van der Waals surface area contributed by atoms with Crippen molar-refractivity contribution >= 4 is 31.7 Å². The minimum Gasteiger partial charge on any atom is -0.491 e. The van der Waals surface area contributed by atoms with E-state index < -0.39 is 39.3 Å². The number of benzene rings is 2. The Hall–Kier alpha value is -2.07. The largest absolute Gasteiger partial charge is 0.491 e. The first-order valence-electron chi connectivity index (χ1n) is 8.49. The number of alkyl halides is 3. The number of para-hydroxylation sites is 1. The molecule has 0 saturated heterocycles. The molecule has 10 heteroatoms. The molecular formula is C19H19BrF3NO4S. The summed E-state index contributed by atoms with van der Waals surface area (Å²) in [5, 5.41) is 2.43. The highest BCUT2D eigenvalue weighted by Crippen LogP contribution is 2.35. The monoisotopic (exact) mass is 493 g/mol. The SMILES string of the molecule is CC(COc1ccccc1C(F)(F)F)NC(=O)CS(=O)(=O)Cc1cccc(Br)c1. The van der Waals surface area contributed by atoms with Crippen molar-refractivity contribution in [2.24, 2.45) is 0 Å². The van der Waals surface area contributed by atoms with Gasteiger partial charge in [0.05, 0.1) is 17.4 Å². The van der Waals surface area contributed by atoms with E-state index in [1.54, 1.807) is 24.3 Å². The Balaban J connectivity index is 1.89. The predicted molar refractivity (Wildman–Crippen MR) is 106 cm³/mol. The molecule has 0 heterocycles. The number of amides is 1. The highest BCUT2D eigenvalue weighted by atomic mass is 79.9. The standard InChI is InChI=1S/C19H19BrF3NO4S/c1-13(10-28-17-8-3-2-7-16(17)19(21,22)23)24-18(25)12-29(26,27)11-14-5-4-6-15(20)9-14/h2-9,13H,10-12H2,1H3,(H,24,25). The van der Waals surface area contributed by atoms with Crippen molar-refractivity contribution in [3.8, 4) is 5.75 Å². The third kappa shape index (κ3) is 7.69. The van der Waals surface area contributed by atoms with Gasteiger partial charge in [-0.05, 0) is 36.8 Å². The first-order chi connectivity index (χ1) is 13.5. The summed E-state index contributed by atoms with van der Waals surface area (Å²) < 4.78 is 69.2. The zero-order valence-electron chi connectivity index (χ0n) is 15.4. The lowest BCUT2D eigenvalue weighted by molar-refractivity contribution is -0.139. The zero-order chi connectivity index (χ0) is 21.7. The van der Waals surface area contributed by atoms with Gasteiger partial charge >= 0.3 is 6.18 Å². The van der Waals surface area contributed by atoms with Crippen molar-refractivity contribution in [2.45, 2.75) is 24.9 Å². The van der Waals surface area contributed by atoms with Crippen molar-refractivity contribution in [2.75, 3.05) is 12.4 Å². The van der Waals surface area contributed by atoms with Gasteiger partial charge in [0, 0.05) is 4.47 Å². The van der Waals surface area contributed by atoms with E-state index >= 15 is 0 Å². The second-order valence-corrected chi connectivity index (χ2v) is 9.42. The quantitative estimate of drug-likeness (QED) is 0.603. The Morgan fingerprint density at radius 1 is 1.17 bits per heavy atom. The summed E-state index contributed by atoms with van der Waals surface area (Å²) >= 11 is 3.25. The van der Waals surface area contributed by atoms with Crippen molar-refractivity contribution in [1.29, 1.82) is 0 Å². The molecular weight excluding hydrogens is 475 g/mol. The topological polar surface area (TPSA) is 72.5 Å². The van der Waals surface area contributed by atoms with E-state index in [0.717, 1.165) is 10.5 Å². The van der Waals surface area contributed by atoms with E-state index in [4.69, 9.17) is 4.74 Å². The van der Waals surface area contributed by atoms with Crippen LogP contribution in [0.5, 0.6) is 5.75 Å². The maximum atomic E-state index is 13.0. The Kier molecular flexibility index (Phi) is 7.70. The van der Waals surface area contributed by atoms with Crippen LogP contribution in [0.4, 0.5) is 13.2 Å². The molecule has 0 fully saturated rings. The van der Waals surface area contributed by atoms with Crippen molar-refractivity contribution in [3.05, 3.63) is 64.1 Å². The molecule has 2 aromatic carbocycles. The Morgan fingerprint density at radius 2 is 1.86 bits per heavy atom. The highest BCUT2D eigenvalue weighted by molar-refractivity contribution is 9.10. The first kappa shape index (κ1) is 23.2. The summed E-state index contributed by atoms with van der Waals surface area (Å²) in [4.78, 5) is 12.0. The number of hydrogen-bond donors (Lipinski definition) is 1. The molecule has 0 aliphatic heterocycles. The molecule has 0 bridgehead atoms. The lowest BCUT2D eigenvalue weighted by atomic mass is 10.2. The molecule has 0 saturated carbocycles. The van der Waals surface area contributed by atoms with Crippen molar-refractivity contribution in [1.82, 2.24) is 5.32 Å². The molecule has 0 aliphatic rings. The number of rotatable bonds is 8. The van der Waals surface area contributed by atoms with Gasteiger partial charge < -0.3 is 10.1 Å². The Morgan fingerprint density at radius 3 is 2.52 bits per heavy atom. The van der Waals surface area contributed by atoms with Crippen LogP contribution in [0, 0.1) is 0 Å². The average Bonchev–Trinajstić information content (AvgIpc) is 2.58. The number of halogens is 4. The third-order valence-electron chi connectivity index (χ3n) is 3.72. The number of hydrogen-bond acceptors (Lipinski definition) is 4. The molecule has 2 rings (SSSR count). The van der Waals surface area contributed by atoms with Crippen LogP contribution in [0.1, 0.15) is 18.1 Å². The minimum atomic E-state index is -4.57. The van der Waals surface area contributed by atoms with Crippen LogP contribution >= 0.6 is 15.9 Å². The maximum absolute atomic E-state index is 13.0. The maximum Gasteiger partial charge on any atom is 0.419 e. The lowest BCUT2D eigenvalue weighted by Crippen LogP contribution is -2.40. The Bertz CT molecular complexity index is 964. The van der Waals surface area contributed by atoms with E-state index in [9.17, 15) is 26.4 Å². The second-order valence-electron chi connectivity index (χ2n) is 6.44. The van der Waals surface area contributed by atoms with Crippen molar-refractivity contribution in [3.63, 3.8) is 0 Å². The Labute approximate surface area is 175 Å². The molecule has 0 radical (unpaired) electrons. The van der Waals surface area contributed by atoms with Gasteiger partial charge in [0.15, 0.2) is 9.84 Å². The van der Waals surface area contributed by atoms with Gasteiger partial charge in [-0.3, -0.25) is 4.79 Å². The summed E-state index contributed by atoms with van der Waals surface area (Å²) in [6.45, 7) is 1.26. The predicted octanol–water partition coefficient (Wildman–Crippen LogP) is 3.97. The number of carbonyl (C=O) groups is 1. The molecule has 0 aromatic heterocycles. The van der Waals surface area contributed by atoms with Gasteiger partial charge in [-0.1, -0.05) is 40.2 Å². The number of ether oxygens (including phenoxy) is 1. The minimum absolute atomic E-state index is 0.246. The fraction of sp³-hybridized carbons (Fsp3) is 0.316. The van der Waals surface area contributed by atoms with E-state index in [0.29, 0.717) is 5.56 Å². The molecule has 0 aliphatic carbocycles. The van der Waals surface area contributed by atoms with E-state index in [1.807, 2.05) is 0 Å².